The van der Waals surface area contributed by atoms with Gasteiger partial charge in [-0.2, -0.15) is 0 Å². The van der Waals surface area contributed by atoms with E-state index < -0.39 is 5.97 Å². The van der Waals surface area contributed by atoms with Gasteiger partial charge >= 0.3 is 5.97 Å². The largest absolute Gasteiger partial charge is 0.452 e. The Hall–Kier alpha value is -2.50. The quantitative estimate of drug-likeness (QED) is 0.595. The normalized spacial score (nSPS) is 10.8. The predicted octanol–water partition coefficient (Wildman–Crippen LogP) is 4.30. The Morgan fingerprint density at radius 2 is 1.85 bits per heavy atom. The number of amides is 1. The number of likely N-dealkylation sites (N-methyl/N-ethyl adjacent to an activating group) is 1. The number of nitrogens with zero attached hydrogens (tertiary/aromatic N) is 2. The molecule has 0 aliphatic carbocycles. The average Bonchev–Trinajstić information content (AvgIpc) is 2.99. The number of fused-ring (bicyclic) bond motifs is 1. The minimum absolute atomic E-state index is 0.311. The van der Waals surface area contributed by atoms with Gasteiger partial charge in [-0.25, -0.2) is 4.79 Å². The molecule has 1 heterocycles. The summed E-state index contributed by atoms with van der Waals surface area (Å²) >= 11 is 11.9. The SMILES string of the molecule is CN(Cc1ccc(Cl)c(Cl)c1)C(=O)COC(=O)c1cn(C)c2ccccc12. The van der Waals surface area contributed by atoms with Crippen LogP contribution in [0.4, 0.5) is 0 Å². The molecule has 3 rings (SSSR count). The Labute approximate surface area is 167 Å². The van der Waals surface area contributed by atoms with Crippen LogP contribution in [0.2, 0.25) is 10.0 Å². The molecule has 3 aromatic rings. The summed E-state index contributed by atoms with van der Waals surface area (Å²) in [4.78, 5) is 26.2. The molecule has 0 unspecified atom stereocenters. The molecule has 27 heavy (non-hydrogen) atoms. The van der Waals surface area contributed by atoms with Crippen molar-refractivity contribution in [2.24, 2.45) is 7.05 Å². The van der Waals surface area contributed by atoms with E-state index in [1.165, 1.54) is 4.90 Å². The summed E-state index contributed by atoms with van der Waals surface area (Å²) in [6, 6.07) is 12.7. The second kappa shape index (κ2) is 8.03. The van der Waals surface area contributed by atoms with Gasteiger partial charge in [0, 0.05) is 37.7 Å². The number of rotatable bonds is 5. The van der Waals surface area contributed by atoms with Crippen molar-refractivity contribution in [1.82, 2.24) is 9.47 Å². The zero-order valence-corrected chi connectivity index (χ0v) is 16.4. The monoisotopic (exact) mass is 404 g/mol. The van der Waals surface area contributed by atoms with E-state index in [1.54, 1.807) is 31.4 Å². The molecule has 2 aromatic carbocycles. The Morgan fingerprint density at radius 1 is 1.11 bits per heavy atom. The molecular weight excluding hydrogens is 387 g/mol. The van der Waals surface area contributed by atoms with Crippen LogP contribution in [0.15, 0.2) is 48.7 Å². The van der Waals surface area contributed by atoms with Gasteiger partial charge in [0.2, 0.25) is 0 Å². The first kappa shape index (κ1) is 19.3. The molecule has 0 atom stereocenters. The third kappa shape index (κ3) is 4.26. The molecule has 0 saturated heterocycles. The lowest BCUT2D eigenvalue weighted by molar-refractivity contribution is -0.133. The second-order valence-electron chi connectivity index (χ2n) is 6.25. The molecule has 0 aliphatic rings. The van der Waals surface area contributed by atoms with Crippen LogP contribution in [0, 0.1) is 0 Å². The molecular formula is C20H18Cl2N2O3. The minimum atomic E-state index is -0.525. The fraction of sp³-hybridized carbons (Fsp3) is 0.200. The lowest BCUT2D eigenvalue weighted by Gasteiger charge is -2.17. The van der Waals surface area contributed by atoms with Crippen LogP contribution in [0.1, 0.15) is 15.9 Å². The Bertz CT molecular complexity index is 1010. The molecule has 5 nitrogen and oxygen atoms in total. The maximum absolute atomic E-state index is 12.4. The fourth-order valence-electron chi connectivity index (χ4n) is 2.82. The van der Waals surface area contributed by atoms with Crippen LogP contribution in [-0.4, -0.2) is 35.0 Å². The number of aromatic nitrogens is 1. The molecule has 0 saturated carbocycles. The number of ether oxygens (including phenoxy) is 1. The van der Waals surface area contributed by atoms with Crippen molar-refractivity contribution in [3.63, 3.8) is 0 Å². The highest BCUT2D eigenvalue weighted by molar-refractivity contribution is 6.42. The van der Waals surface area contributed by atoms with Crippen LogP contribution in [0.3, 0.4) is 0 Å². The molecule has 1 aromatic heterocycles. The maximum atomic E-state index is 12.4. The first-order valence-electron chi connectivity index (χ1n) is 8.26. The highest BCUT2D eigenvalue weighted by Crippen LogP contribution is 2.23. The number of esters is 1. The third-order valence-electron chi connectivity index (χ3n) is 4.27. The van der Waals surface area contributed by atoms with E-state index in [0.29, 0.717) is 22.2 Å². The topological polar surface area (TPSA) is 51.5 Å². The summed E-state index contributed by atoms with van der Waals surface area (Å²) in [5.74, 6) is -0.835. The van der Waals surface area contributed by atoms with Crippen molar-refractivity contribution in [2.75, 3.05) is 13.7 Å². The van der Waals surface area contributed by atoms with Gasteiger partial charge in [0.1, 0.15) is 0 Å². The predicted molar refractivity (Wildman–Crippen MR) is 106 cm³/mol. The van der Waals surface area contributed by atoms with Crippen LogP contribution >= 0.6 is 23.2 Å². The van der Waals surface area contributed by atoms with Crippen molar-refractivity contribution in [1.29, 1.82) is 0 Å². The van der Waals surface area contributed by atoms with Gasteiger partial charge in [0.25, 0.3) is 5.91 Å². The zero-order valence-electron chi connectivity index (χ0n) is 14.9. The molecule has 0 N–H and O–H groups in total. The number of halogens is 2. The average molecular weight is 405 g/mol. The minimum Gasteiger partial charge on any atom is -0.452 e. The van der Waals surface area contributed by atoms with Gasteiger partial charge < -0.3 is 14.2 Å². The lowest BCUT2D eigenvalue weighted by Crippen LogP contribution is -2.30. The summed E-state index contributed by atoms with van der Waals surface area (Å²) < 4.78 is 7.07. The molecule has 0 fully saturated rings. The molecule has 0 aliphatic heterocycles. The fourth-order valence-corrected chi connectivity index (χ4v) is 3.14. The van der Waals surface area contributed by atoms with E-state index in [1.807, 2.05) is 35.9 Å². The molecule has 7 heteroatoms. The summed E-state index contributed by atoms with van der Waals surface area (Å²) in [5.41, 5.74) is 2.20. The Kier molecular flexibility index (Phi) is 5.73. The Morgan fingerprint density at radius 3 is 2.59 bits per heavy atom. The number of hydrogen-bond acceptors (Lipinski definition) is 3. The number of aryl methyl sites for hydroxylation is 1. The van der Waals surface area contributed by atoms with Crippen LogP contribution in [0.25, 0.3) is 10.9 Å². The summed E-state index contributed by atoms with van der Waals surface area (Å²) in [7, 11) is 3.49. The third-order valence-corrected chi connectivity index (χ3v) is 5.01. The number of benzene rings is 2. The van der Waals surface area contributed by atoms with E-state index in [4.69, 9.17) is 27.9 Å². The number of carbonyl (C=O) groups excluding carboxylic acids is 2. The van der Waals surface area contributed by atoms with Crippen molar-refractivity contribution in [2.45, 2.75) is 6.54 Å². The van der Waals surface area contributed by atoms with Crippen molar-refractivity contribution in [3.8, 4) is 0 Å². The van der Waals surface area contributed by atoms with Crippen molar-refractivity contribution in [3.05, 3.63) is 69.8 Å². The zero-order chi connectivity index (χ0) is 19.6. The maximum Gasteiger partial charge on any atom is 0.340 e. The number of hydrogen-bond donors (Lipinski definition) is 0. The summed E-state index contributed by atoms with van der Waals surface area (Å²) in [6.07, 6.45) is 1.71. The van der Waals surface area contributed by atoms with Crippen LogP contribution < -0.4 is 0 Å². The van der Waals surface area contributed by atoms with E-state index in [9.17, 15) is 9.59 Å². The molecule has 0 spiro atoms. The van der Waals surface area contributed by atoms with Gasteiger partial charge in [0.15, 0.2) is 6.61 Å². The first-order chi connectivity index (χ1) is 12.9. The van der Waals surface area contributed by atoms with Gasteiger partial charge in [0.05, 0.1) is 15.6 Å². The van der Waals surface area contributed by atoms with Crippen molar-refractivity contribution < 1.29 is 14.3 Å². The van der Waals surface area contributed by atoms with Crippen LogP contribution in [-0.2, 0) is 23.1 Å². The van der Waals surface area contributed by atoms with Crippen LogP contribution in [0.5, 0.6) is 0 Å². The number of carbonyl (C=O) groups is 2. The smallest absolute Gasteiger partial charge is 0.340 e. The van der Waals surface area contributed by atoms with Gasteiger partial charge in [-0.15, -0.1) is 0 Å². The van der Waals surface area contributed by atoms with E-state index in [-0.39, 0.29) is 12.5 Å². The van der Waals surface area contributed by atoms with Gasteiger partial charge in [-0.3, -0.25) is 4.79 Å². The molecule has 1 amide bonds. The van der Waals surface area contributed by atoms with Crippen molar-refractivity contribution >= 4 is 46.0 Å². The van der Waals surface area contributed by atoms with E-state index in [2.05, 4.69) is 0 Å². The molecule has 0 radical (unpaired) electrons. The molecule has 140 valence electrons. The van der Waals surface area contributed by atoms with Gasteiger partial charge in [-0.1, -0.05) is 47.5 Å². The summed E-state index contributed by atoms with van der Waals surface area (Å²) in [5, 5.41) is 1.68. The molecule has 0 bridgehead atoms. The van der Waals surface area contributed by atoms with E-state index >= 15 is 0 Å². The lowest BCUT2D eigenvalue weighted by atomic mass is 10.2. The number of para-hydroxylation sites is 1. The van der Waals surface area contributed by atoms with Gasteiger partial charge in [-0.05, 0) is 23.8 Å². The van der Waals surface area contributed by atoms with E-state index in [0.717, 1.165) is 16.5 Å². The highest BCUT2D eigenvalue weighted by atomic mass is 35.5. The standard InChI is InChI=1S/C20H18Cl2N2O3/c1-23-11-15(14-5-3-4-6-18(14)23)20(26)27-12-19(25)24(2)10-13-7-8-16(21)17(22)9-13/h3-9,11H,10,12H2,1-2H3. The second-order valence-corrected chi connectivity index (χ2v) is 7.06. The first-order valence-corrected chi connectivity index (χ1v) is 9.01. The highest BCUT2D eigenvalue weighted by Gasteiger charge is 2.18. The summed E-state index contributed by atoms with van der Waals surface area (Å²) in [6.45, 7) is 0.00141. The Balaban J connectivity index is 1.62.